The molecule has 0 unspecified atom stereocenters. The third-order valence-corrected chi connectivity index (χ3v) is 8.80. The first kappa shape index (κ1) is 23.0. The van der Waals surface area contributed by atoms with E-state index in [1.165, 1.54) is 12.8 Å². The topological polar surface area (TPSA) is 40.6 Å². The highest BCUT2D eigenvalue weighted by atomic mass is 35.5. The van der Waals surface area contributed by atoms with Crippen molar-refractivity contribution in [3.8, 4) is 0 Å². The highest BCUT2D eigenvalue weighted by Gasteiger charge is 2.37. The minimum Gasteiger partial charge on any atom is -0.300 e. The number of likely N-dealkylation sites (tertiary alicyclic amines) is 1. The van der Waals surface area contributed by atoms with E-state index in [9.17, 15) is 8.42 Å². The molecule has 154 valence electrons. The maximum absolute atomic E-state index is 13.2. The van der Waals surface area contributed by atoms with Crippen LogP contribution in [0.1, 0.15) is 50.2 Å². The summed E-state index contributed by atoms with van der Waals surface area (Å²) in [4.78, 5) is 2.97. The number of hydrogen-bond donors (Lipinski definition) is 0. The van der Waals surface area contributed by atoms with Crippen molar-refractivity contribution in [1.29, 1.82) is 0 Å². The third kappa shape index (κ3) is 4.81. The summed E-state index contributed by atoms with van der Waals surface area (Å²) < 4.78 is 28.0. The van der Waals surface area contributed by atoms with Crippen molar-refractivity contribution in [2.45, 2.75) is 69.9 Å². The zero-order valence-electron chi connectivity index (χ0n) is 16.7. The molecular formula is C20H32Cl2N2O2S. The molecule has 1 heterocycles. The van der Waals surface area contributed by atoms with E-state index in [4.69, 9.17) is 11.6 Å². The number of halogens is 2. The molecule has 0 aromatic heterocycles. The minimum atomic E-state index is -3.50. The molecule has 4 nitrogen and oxygen atoms in total. The third-order valence-electron chi connectivity index (χ3n) is 6.34. The van der Waals surface area contributed by atoms with Crippen molar-refractivity contribution < 1.29 is 8.42 Å². The second-order valence-corrected chi connectivity index (χ2v) is 10.6. The molecule has 0 radical (unpaired) electrons. The molecule has 1 saturated heterocycles. The SMILES string of the molecule is Cc1cc(S(=O)(=O)N(C)[C@H]2CC[C@@H](N3CCC(C)CC3)C2)c(C)cc1Cl.Cl. The van der Waals surface area contributed by atoms with Gasteiger partial charge in [0.15, 0.2) is 0 Å². The van der Waals surface area contributed by atoms with Gasteiger partial charge in [0.05, 0.1) is 4.90 Å². The quantitative estimate of drug-likeness (QED) is 0.691. The molecule has 2 atom stereocenters. The first-order chi connectivity index (χ1) is 12.2. The van der Waals surface area contributed by atoms with Crippen molar-refractivity contribution in [2.24, 2.45) is 5.92 Å². The fourth-order valence-electron chi connectivity index (χ4n) is 4.37. The number of nitrogens with zero attached hydrogens (tertiary/aromatic N) is 2. The molecule has 1 aromatic rings. The van der Waals surface area contributed by atoms with Crippen molar-refractivity contribution in [1.82, 2.24) is 9.21 Å². The van der Waals surface area contributed by atoms with Crippen LogP contribution in [0.2, 0.25) is 5.02 Å². The van der Waals surface area contributed by atoms with Gasteiger partial charge in [0.2, 0.25) is 10.0 Å². The van der Waals surface area contributed by atoms with E-state index in [1.807, 2.05) is 13.8 Å². The van der Waals surface area contributed by atoms with Crippen LogP contribution in [0, 0.1) is 19.8 Å². The predicted octanol–water partition coefficient (Wildman–Crippen LogP) is 4.65. The van der Waals surface area contributed by atoms with Gasteiger partial charge < -0.3 is 4.90 Å². The molecular weight excluding hydrogens is 403 g/mol. The predicted molar refractivity (Wildman–Crippen MR) is 115 cm³/mol. The number of sulfonamides is 1. The molecule has 1 aromatic carbocycles. The van der Waals surface area contributed by atoms with Gasteiger partial charge in [0, 0.05) is 24.2 Å². The van der Waals surface area contributed by atoms with Crippen LogP contribution in [0.4, 0.5) is 0 Å². The Labute approximate surface area is 175 Å². The van der Waals surface area contributed by atoms with Crippen LogP contribution in [0.25, 0.3) is 0 Å². The van der Waals surface area contributed by atoms with Crippen LogP contribution in [0.15, 0.2) is 17.0 Å². The summed E-state index contributed by atoms with van der Waals surface area (Å²) in [5, 5.41) is 0.615. The Morgan fingerprint density at radius 2 is 1.70 bits per heavy atom. The Balaban J connectivity index is 0.00000261. The van der Waals surface area contributed by atoms with Gasteiger partial charge >= 0.3 is 0 Å². The number of piperidine rings is 1. The Morgan fingerprint density at radius 1 is 1.07 bits per heavy atom. The van der Waals surface area contributed by atoms with E-state index < -0.39 is 10.0 Å². The van der Waals surface area contributed by atoms with E-state index in [2.05, 4.69) is 11.8 Å². The van der Waals surface area contributed by atoms with Gasteiger partial charge in [0.25, 0.3) is 0 Å². The van der Waals surface area contributed by atoms with E-state index in [0.29, 0.717) is 21.5 Å². The summed E-state index contributed by atoms with van der Waals surface area (Å²) in [6.45, 7) is 8.31. The molecule has 2 aliphatic rings. The molecule has 3 rings (SSSR count). The second-order valence-electron chi connectivity index (χ2n) is 8.23. The smallest absolute Gasteiger partial charge is 0.243 e. The molecule has 27 heavy (non-hydrogen) atoms. The molecule has 1 saturated carbocycles. The van der Waals surface area contributed by atoms with Gasteiger partial charge in [-0.05, 0) is 88.2 Å². The maximum Gasteiger partial charge on any atom is 0.243 e. The number of aryl methyl sites for hydroxylation is 2. The lowest BCUT2D eigenvalue weighted by atomic mass is 9.97. The first-order valence-corrected chi connectivity index (χ1v) is 11.5. The van der Waals surface area contributed by atoms with E-state index >= 15 is 0 Å². The van der Waals surface area contributed by atoms with Crippen LogP contribution in [-0.2, 0) is 10.0 Å². The molecule has 0 amide bonds. The minimum absolute atomic E-state index is 0. The summed E-state index contributed by atoms with van der Waals surface area (Å²) in [5.74, 6) is 0.822. The Kier molecular flexibility index (Phi) is 7.65. The highest BCUT2D eigenvalue weighted by Crippen LogP contribution is 2.34. The zero-order chi connectivity index (χ0) is 19.1. The number of rotatable bonds is 4. The van der Waals surface area contributed by atoms with Gasteiger partial charge in [-0.2, -0.15) is 4.31 Å². The van der Waals surface area contributed by atoms with E-state index in [1.54, 1.807) is 23.5 Å². The average molecular weight is 435 g/mol. The monoisotopic (exact) mass is 434 g/mol. The van der Waals surface area contributed by atoms with Gasteiger partial charge in [-0.25, -0.2) is 8.42 Å². The lowest BCUT2D eigenvalue weighted by molar-refractivity contribution is 0.136. The zero-order valence-corrected chi connectivity index (χ0v) is 19.1. The van der Waals surface area contributed by atoms with Crippen molar-refractivity contribution in [3.63, 3.8) is 0 Å². The van der Waals surface area contributed by atoms with Crippen LogP contribution in [0.3, 0.4) is 0 Å². The number of benzene rings is 1. The average Bonchev–Trinajstić information content (AvgIpc) is 3.07. The molecule has 0 N–H and O–H groups in total. The Morgan fingerprint density at radius 3 is 2.33 bits per heavy atom. The molecule has 2 fully saturated rings. The largest absolute Gasteiger partial charge is 0.300 e. The Bertz CT molecular complexity index is 761. The summed E-state index contributed by atoms with van der Waals surface area (Å²) in [6, 6.07) is 4.07. The van der Waals surface area contributed by atoms with Crippen molar-refractivity contribution in [3.05, 3.63) is 28.3 Å². The van der Waals surface area contributed by atoms with E-state index in [-0.39, 0.29) is 18.4 Å². The van der Waals surface area contributed by atoms with Crippen LogP contribution < -0.4 is 0 Å². The van der Waals surface area contributed by atoms with Gasteiger partial charge in [-0.3, -0.25) is 0 Å². The Hall–Kier alpha value is -0.330. The molecule has 0 spiro atoms. The lowest BCUT2D eigenvalue weighted by Gasteiger charge is -2.35. The summed E-state index contributed by atoms with van der Waals surface area (Å²) in [5.41, 5.74) is 1.52. The summed E-state index contributed by atoms with van der Waals surface area (Å²) in [6.07, 6.45) is 5.50. The summed E-state index contributed by atoms with van der Waals surface area (Å²) in [7, 11) is -1.76. The molecule has 1 aliphatic heterocycles. The second kappa shape index (κ2) is 9.00. The van der Waals surface area contributed by atoms with Crippen LogP contribution in [-0.4, -0.2) is 49.8 Å². The lowest BCUT2D eigenvalue weighted by Crippen LogP contribution is -2.41. The maximum atomic E-state index is 13.2. The molecule has 0 bridgehead atoms. The fourth-order valence-corrected chi connectivity index (χ4v) is 6.28. The summed E-state index contributed by atoms with van der Waals surface area (Å²) >= 11 is 6.14. The first-order valence-electron chi connectivity index (χ1n) is 9.69. The van der Waals surface area contributed by atoms with Crippen molar-refractivity contribution >= 4 is 34.0 Å². The molecule has 1 aliphatic carbocycles. The van der Waals surface area contributed by atoms with Gasteiger partial charge in [-0.1, -0.05) is 18.5 Å². The fraction of sp³-hybridized carbons (Fsp3) is 0.700. The highest BCUT2D eigenvalue weighted by molar-refractivity contribution is 7.89. The number of hydrogen-bond acceptors (Lipinski definition) is 3. The normalized spacial score (nSPS) is 25.0. The van der Waals surface area contributed by atoms with Gasteiger partial charge in [0.1, 0.15) is 0 Å². The van der Waals surface area contributed by atoms with E-state index in [0.717, 1.165) is 43.8 Å². The van der Waals surface area contributed by atoms with Gasteiger partial charge in [-0.15, -0.1) is 12.4 Å². The standard InChI is InChI=1S/C20H31ClN2O2S.ClH/c1-14-7-9-23(10-8-14)18-6-5-17(13-18)22(4)26(24,25)20-12-15(2)19(21)11-16(20)3;/h11-12,14,17-18H,5-10,13H2,1-4H3;1H/t17-,18+;/m0./s1. The molecule has 7 heteroatoms. The van der Waals surface area contributed by atoms with Crippen LogP contribution in [0.5, 0.6) is 0 Å². The van der Waals surface area contributed by atoms with Crippen LogP contribution >= 0.6 is 24.0 Å². The van der Waals surface area contributed by atoms with Crippen molar-refractivity contribution in [2.75, 3.05) is 20.1 Å².